The molecule has 6 heteroatoms. The molecule has 0 atom stereocenters. The van der Waals surface area contributed by atoms with Gasteiger partial charge in [-0.1, -0.05) is 0 Å². The van der Waals surface area contributed by atoms with Crippen LogP contribution in [0.25, 0.3) is 0 Å². The van der Waals surface area contributed by atoms with E-state index in [0.717, 1.165) is 25.9 Å². The molecule has 6 nitrogen and oxygen atoms in total. The summed E-state index contributed by atoms with van der Waals surface area (Å²) in [6.45, 7) is 1.68. The van der Waals surface area contributed by atoms with Crippen LogP contribution in [0.1, 0.15) is 23.2 Å². The molecule has 18 heavy (non-hydrogen) atoms. The third-order valence-corrected chi connectivity index (χ3v) is 2.96. The van der Waals surface area contributed by atoms with Crippen LogP contribution < -0.4 is 10.6 Å². The Kier molecular flexibility index (Phi) is 3.88. The summed E-state index contributed by atoms with van der Waals surface area (Å²) in [6, 6.07) is 1.41. The van der Waals surface area contributed by atoms with Crippen molar-refractivity contribution in [3.05, 3.63) is 24.0 Å². The maximum absolute atomic E-state index is 11.9. The summed E-state index contributed by atoms with van der Waals surface area (Å²) < 4.78 is 0. The fourth-order valence-corrected chi connectivity index (χ4v) is 1.95. The Hall–Kier alpha value is -1.95. The van der Waals surface area contributed by atoms with Crippen molar-refractivity contribution in [1.29, 1.82) is 0 Å². The largest absolute Gasteiger partial charge is 0.478 e. The molecular formula is C12H15N3O3. The van der Waals surface area contributed by atoms with E-state index in [4.69, 9.17) is 5.11 Å². The molecular weight excluding hydrogens is 234 g/mol. The van der Waals surface area contributed by atoms with Gasteiger partial charge in [0.2, 0.25) is 5.91 Å². The lowest BCUT2D eigenvalue weighted by molar-refractivity contribution is -0.120. The lowest BCUT2D eigenvalue weighted by Crippen LogP contribution is -2.34. The second-order valence-corrected chi connectivity index (χ2v) is 4.28. The molecule has 0 bridgehead atoms. The molecule has 1 aromatic heterocycles. The molecule has 1 aromatic rings. The van der Waals surface area contributed by atoms with Crippen LogP contribution in [0, 0.1) is 5.92 Å². The van der Waals surface area contributed by atoms with Crippen molar-refractivity contribution in [3.63, 3.8) is 0 Å². The van der Waals surface area contributed by atoms with Gasteiger partial charge in [0.15, 0.2) is 0 Å². The second kappa shape index (κ2) is 5.59. The summed E-state index contributed by atoms with van der Waals surface area (Å²) in [6.07, 6.45) is 4.31. The summed E-state index contributed by atoms with van der Waals surface area (Å²) in [7, 11) is 0. The number of nitrogens with zero attached hydrogens (tertiary/aromatic N) is 1. The molecule has 1 amide bonds. The van der Waals surface area contributed by atoms with Gasteiger partial charge in [0, 0.05) is 12.1 Å². The maximum Gasteiger partial charge on any atom is 0.337 e. The predicted molar refractivity (Wildman–Crippen MR) is 65.4 cm³/mol. The highest BCUT2D eigenvalue weighted by Gasteiger charge is 2.21. The number of anilines is 1. The van der Waals surface area contributed by atoms with Gasteiger partial charge in [-0.15, -0.1) is 0 Å². The lowest BCUT2D eigenvalue weighted by atomic mass is 9.97. The number of piperidine rings is 1. The van der Waals surface area contributed by atoms with Crippen LogP contribution in [0.5, 0.6) is 0 Å². The number of pyridine rings is 1. The maximum atomic E-state index is 11.9. The normalized spacial score (nSPS) is 16.2. The zero-order valence-electron chi connectivity index (χ0n) is 9.85. The van der Waals surface area contributed by atoms with Gasteiger partial charge in [-0.2, -0.15) is 0 Å². The monoisotopic (exact) mass is 249 g/mol. The standard InChI is InChI=1S/C12H15N3O3/c16-11(8-1-3-13-4-2-8)15-10-5-9(12(17)18)6-14-7-10/h5-8,13H,1-4H2,(H,15,16)(H,17,18). The molecule has 96 valence electrons. The fourth-order valence-electron chi connectivity index (χ4n) is 1.95. The predicted octanol–water partition coefficient (Wildman–Crippen LogP) is 0.718. The summed E-state index contributed by atoms with van der Waals surface area (Å²) >= 11 is 0. The number of carbonyl (C=O) groups excluding carboxylic acids is 1. The summed E-state index contributed by atoms with van der Waals surface area (Å²) in [5, 5.41) is 14.7. The Bertz CT molecular complexity index is 456. The molecule has 1 aliphatic rings. The molecule has 1 fully saturated rings. The van der Waals surface area contributed by atoms with Gasteiger partial charge in [-0.3, -0.25) is 9.78 Å². The number of aromatic carboxylic acids is 1. The van der Waals surface area contributed by atoms with E-state index >= 15 is 0 Å². The first-order valence-electron chi connectivity index (χ1n) is 5.87. The number of hydrogen-bond donors (Lipinski definition) is 3. The zero-order valence-corrected chi connectivity index (χ0v) is 9.85. The van der Waals surface area contributed by atoms with Crippen LogP contribution in [-0.4, -0.2) is 35.1 Å². The van der Waals surface area contributed by atoms with Crippen molar-refractivity contribution in [1.82, 2.24) is 10.3 Å². The second-order valence-electron chi connectivity index (χ2n) is 4.28. The number of aromatic nitrogens is 1. The van der Waals surface area contributed by atoms with Crippen LogP contribution >= 0.6 is 0 Å². The highest BCUT2D eigenvalue weighted by atomic mass is 16.4. The zero-order chi connectivity index (χ0) is 13.0. The topological polar surface area (TPSA) is 91.3 Å². The van der Waals surface area contributed by atoms with E-state index < -0.39 is 5.97 Å². The van der Waals surface area contributed by atoms with Crippen molar-refractivity contribution in [2.75, 3.05) is 18.4 Å². The van der Waals surface area contributed by atoms with Crippen molar-refractivity contribution in [2.24, 2.45) is 5.92 Å². The van der Waals surface area contributed by atoms with E-state index in [-0.39, 0.29) is 17.4 Å². The average molecular weight is 249 g/mol. The summed E-state index contributed by atoms with van der Waals surface area (Å²) in [5.41, 5.74) is 0.497. The van der Waals surface area contributed by atoms with Crippen LogP contribution in [-0.2, 0) is 4.79 Å². The summed E-state index contributed by atoms with van der Waals surface area (Å²) in [4.78, 5) is 26.5. The van der Waals surface area contributed by atoms with E-state index in [1.807, 2.05) is 0 Å². The first kappa shape index (κ1) is 12.5. The Balaban J connectivity index is 2.02. The third-order valence-electron chi connectivity index (χ3n) is 2.96. The fraction of sp³-hybridized carbons (Fsp3) is 0.417. The van der Waals surface area contributed by atoms with E-state index in [1.54, 1.807) is 0 Å². The molecule has 0 radical (unpaired) electrons. The highest BCUT2D eigenvalue weighted by molar-refractivity contribution is 5.94. The summed E-state index contributed by atoms with van der Waals surface area (Å²) in [5.74, 6) is -1.14. The number of hydrogen-bond acceptors (Lipinski definition) is 4. The lowest BCUT2D eigenvalue weighted by Gasteiger charge is -2.21. The number of carboxylic acids is 1. The molecule has 0 saturated carbocycles. The quantitative estimate of drug-likeness (QED) is 0.734. The minimum Gasteiger partial charge on any atom is -0.478 e. The molecule has 2 rings (SSSR count). The van der Waals surface area contributed by atoms with E-state index in [9.17, 15) is 9.59 Å². The molecule has 0 unspecified atom stereocenters. The number of amides is 1. The van der Waals surface area contributed by atoms with Crippen molar-refractivity contribution >= 4 is 17.6 Å². The number of rotatable bonds is 3. The van der Waals surface area contributed by atoms with E-state index in [1.165, 1.54) is 18.5 Å². The molecule has 0 aromatic carbocycles. The van der Waals surface area contributed by atoms with Gasteiger partial charge in [0.25, 0.3) is 0 Å². The molecule has 0 aliphatic carbocycles. The van der Waals surface area contributed by atoms with Gasteiger partial charge < -0.3 is 15.7 Å². The van der Waals surface area contributed by atoms with Crippen molar-refractivity contribution in [3.8, 4) is 0 Å². The van der Waals surface area contributed by atoms with Gasteiger partial charge in [-0.05, 0) is 32.0 Å². The smallest absolute Gasteiger partial charge is 0.337 e. The van der Waals surface area contributed by atoms with Crippen LogP contribution in [0.3, 0.4) is 0 Å². The SMILES string of the molecule is O=C(O)c1cncc(NC(=O)C2CCNCC2)c1. The van der Waals surface area contributed by atoms with Gasteiger partial charge in [-0.25, -0.2) is 4.79 Å². The molecule has 1 saturated heterocycles. The minimum absolute atomic E-state index is 0.0141. The Morgan fingerprint density at radius 1 is 1.33 bits per heavy atom. The van der Waals surface area contributed by atoms with E-state index in [0.29, 0.717) is 5.69 Å². The van der Waals surface area contributed by atoms with Gasteiger partial charge in [0.1, 0.15) is 0 Å². The van der Waals surface area contributed by atoms with Crippen molar-refractivity contribution < 1.29 is 14.7 Å². The van der Waals surface area contributed by atoms with E-state index in [2.05, 4.69) is 15.6 Å². The van der Waals surface area contributed by atoms with Gasteiger partial charge >= 0.3 is 5.97 Å². The number of carboxylic acid groups (broad SMARTS) is 1. The first-order valence-corrected chi connectivity index (χ1v) is 5.87. The highest BCUT2D eigenvalue weighted by Crippen LogP contribution is 2.15. The van der Waals surface area contributed by atoms with Crippen LogP contribution in [0.15, 0.2) is 18.5 Å². The van der Waals surface area contributed by atoms with Crippen LogP contribution in [0.4, 0.5) is 5.69 Å². The first-order chi connectivity index (χ1) is 8.66. The Morgan fingerprint density at radius 2 is 2.06 bits per heavy atom. The minimum atomic E-state index is -1.06. The average Bonchev–Trinajstić information content (AvgIpc) is 2.40. The third kappa shape index (κ3) is 3.04. The molecule has 0 spiro atoms. The molecule has 1 aliphatic heterocycles. The molecule has 2 heterocycles. The van der Waals surface area contributed by atoms with Crippen LogP contribution in [0.2, 0.25) is 0 Å². The Labute approximate surface area is 104 Å². The number of nitrogens with one attached hydrogen (secondary N) is 2. The Morgan fingerprint density at radius 3 is 2.72 bits per heavy atom. The number of carbonyl (C=O) groups is 2. The molecule has 3 N–H and O–H groups in total. The van der Waals surface area contributed by atoms with Crippen molar-refractivity contribution in [2.45, 2.75) is 12.8 Å². The van der Waals surface area contributed by atoms with Gasteiger partial charge in [0.05, 0.1) is 17.4 Å².